The molecule has 156 valence electrons. The molecule has 0 aromatic carbocycles. The summed E-state index contributed by atoms with van der Waals surface area (Å²) in [6, 6.07) is 1.75. The molecule has 0 saturated carbocycles. The number of carbonyl (C=O) groups is 2. The zero-order chi connectivity index (χ0) is 20.4. The van der Waals surface area contributed by atoms with Crippen LogP contribution >= 0.6 is 11.8 Å². The molecule has 4 heterocycles. The SMILES string of the molecule is CN1CCN(C(=O)C2CCN(c3nccc(/C=C4\SC(=O)NC4O)n3)CC2)CC1. The first-order valence-corrected chi connectivity index (χ1v) is 10.7. The summed E-state index contributed by atoms with van der Waals surface area (Å²) in [7, 11) is 2.09. The predicted molar refractivity (Wildman–Crippen MR) is 111 cm³/mol. The largest absolute Gasteiger partial charge is 0.369 e. The summed E-state index contributed by atoms with van der Waals surface area (Å²) in [5, 5.41) is 12.0. The third-order valence-electron chi connectivity index (χ3n) is 5.63. The van der Waals surface area contributed by atoms with Crippen LogP contribution in [0.15, 0.2) is 17.2 Å². The zero-order valence-corrected chi connectivity index (χ0v) is 17.3. The van der Waals surface area contributed by atoms with E-state index in [-0.39, 0.29) is 17.1 Å². The highest BCUT2D eigenvalue weighted by molar-refractivity contribution is 8.17. The molecule has 4 rings (SSSR count). The summed E-state index contributed by atoms with van der Waals surface area (Å²) >= 11 is 0.969. The van der Waals surface area contributed by atoms with Gasteiger partial charge in [0.1, 0.15) is 0 Å². The van der Waals surface area contributed by atoms with Gasteiger partial charge in [-0.05, 0) is 43.8 Å². The number of likely N-dealkylation sites (N-methyl/N-ethyl adjacent to an activating group) is 1. The number of thioether (sulfide) groups is 1. The van der Waals surface area contributed by atoms with Crippen molar-refractivity contribution >= 4 is 34.9 Å². The maximum Gasteiger partial charge on any atom is 0.285 e. The molecule has 1 unspecified atom stereocenters. The second-order valence-corrected chi connectivity index (χ2v) is 8.70. The first kappa shape index (κ1) is 20.1. The highest BCUT2D eigenvalue weighted by Gasteiger charge is 2.31. The van der Waals surface area contributed by atoms with Crippen molar-refractivity contribution in [3.8, 4) is 0 Å². The third-order valence-corrected chi connectivity index (χ3v) is 6.51. The van der Waals surface area contributed by atoms with Gasteiger partial charge in [0.15, 0.2) is 6.23 Å². The number of nitrogens with zero attached hydrogens (tertiary/aromatic N) is 5. The Balaban J connectivity index is 1.36. The lowest BCUT2D eigenvalue weighted by molar-refractivity contribution is -0.137. The van der Waals surface area contributed by atoms with Crippen LogP contribution in [0.5, 0.6) is 0 Å². The Morgan fingerprint density at radius 1 is 1.24 bits per heavy atom. The van der Waals surface area contributed by atoms with Gasteiger partial charge in [-0.15, -0.1) is 0 Å². The molecule has 2 N–H and O–H groups in total. The molecule has 0 aliphatic carbocycles. The van der Waals surface area contributed by atoms with Crippen molar-refractivity contribution in [2.24, 2.45) is 5.92 Å². The molecule has 1 aromatic rings. The molecule has 1 atom stereocenters. The van der Waals surface area contributed by atoms with Gasteiger partial charge < -0.3 is 25.1 Å². The maximum absolute atomic E-state index is 12.8. The Labute approximate surface area is 174 Å². The van der Waals surface area contributed by atoms with Crippen molar-refractivity contribution in [3.05, 3.63) is 22.9 Å². The Hall–Kier alpha value is -2.17. The number of hydrogen-bond donors (Lipinski definition) is 2. The second-order valence-electron chi connectivity index (χ2n) is 7.65. The Morgan fingerprint density at radius 2 is 1.97 bits per heavy atom. The predicted octanol–water partition coefficient (Wildman–Crippen LogP) is 0.583. The molecule has 9 nitrogen and oxygen atoms in total. The summed E-state index contributed by atoms with van der Waals surface area (Å²) in [6.07, 6.45) is 3.99. The van der Waals surface area contributed by atoms with E-state index in [2.05, 4.69) is 32.1 Å². The molecule has 10 heteroatoms. The van der Waals surface area contributed by atoms with Crippen molar-refractivity contribution in [1.82, 2.24) is 25.1 Å². The van der Waals surface area contributed by atoms with Gasteiger partial charge >= 0.3 is 0 Å². The number of aromatic nitrogens is 2. The van der Waals surface area contributed by atoms with E-state index in [1.54, 1.807) is 18.3 Å². The van der Waals surface area contributed by atoms with Gasteiger partial charge in [0.05, 0.1) is 5.69 Å². The highest BCUT2D eigenvalue weighted by Crippen LogP contribution is 2.28. The first-order valence-electron chi connectivity index (χ1n) is 9.93. The molecule has 2 amide bonds. The van der Waals surface area contributed by atoms with E-state index < -0.39 is 6.23 Å². The quantitative estimate of drug-likeness (QED) is 0.735. The molecule has 3 saturated heterocycles. The summed E-state index contributed by atoms with van der Waals surface area (Å²) < 4.78 is 0. The minimum absolute atomic E-state index is 0.0714. The maximum atomic E-state index is 12.8. The fraction of sp³-hybridized carbons (Fsp3) is 0.579. The fourth-order valence-electron chi connectivity index (χ4n) is 3.84. The summed E-state index contributed by atoms with van der Waals surface area (Å²) in [5.74, 6) is 0.963. The Kier molecular flexibility index (Phi) is 6.02. The highest BCUT2D eigenvalue weighted by atomic mass is 32.2. The smallest absolute Gasteiger partial charge is 0.285 e. The standard InChI is InChI=1S/C19H26N6O3S/c1-23-8-10-24(11-9-23)17(27)13-3-6-25(7-4-13)18-20-5-2-14(21-18)12-15-16(26)22-19(28)29-15/h2,5,12-13,16,26H,3-4,6-11H2,1H3,(H,22,28)/b15-12-. The van der Waals surface area contributed by atoms with E-state index in [0.29, 0.717) is 16.5 Å². The number of aliphatic hydroxyl groups is 1. The third kappa shape index (κ3) is 4.71. The first-order chi connectivity index (χ1) is 14.0. The average molecular weight is 419 g/mol. The van der Waals surface area contributed by atoms with Crippen molar-refractivity contribution in [3.63, 3.8) is 0 Å². The van der Waals surface area contributed by atoms with Crippen LogP contribution in [0.25, 0.3) is 6.08 Å². The van der Waals surface area contributed by atoms with Gasteiger partial charge in [0, 0.05) is 56.3 Å². The molecule has 3 aliphatic rings. The number of carbonyl (C=O) groups excluding carboxylic acids is 2. The molecular formula is C19H26N6O3S. The summed E-state index contributed by atoms with van der Waals surface area (Å²) in [6.45, 7) is 4.99. The number of hydrogen-bond acceptors (Lipinski definition) is 8. The van der Waals surface area contributed by atoms with E-state index in [9.17, 15) is 14.7 Å². The van der Waals surface area contributed by atoms with Crippen LogP contribution in [0, 0.1) is 5.92 Å². The Bertz CT molecular complexity index is 803. The molecule has 0 radical (unpaired) electrons. The van der Waals surface area contributed by atoms with E-state index in [4.69, 9.17) is 0 Å². The van der Waals surface area contributed by atoms with Crippen LogP contribution in [0.1, 0.15) is 18.5 Å². The van der Waals surface area contributed by atoms with Crippen molar-refractivity contribution < 1.29 is 14.7 Å². The second kappa shape index (κ2) is 8.68. The summed E-state index contributed by atoms with van der Waals surface area (Å²) in [4.78, 5) is 40.0. The van der Waals surface area contributed by atoms with Gasteiger partial charge in [-0.1, -0.05) is 0 Å². The van der Waals surface area contributed by atoms with E-state index in [1.165, 1.54) is 0 Å². The van der Waals surface area contributed by atoms with Gasteiger partial charge in [0.2, 0.25) is 11.9 Å². The monoisotopic (exact) mass is 418 g/mol. The van der Waals surface area contributed by atoms with Crippen molar-refractivity contribution in [2.45, 2.75) is 19.1 Å². The van der Waals surface area contributed by atoms with Crippen LogP contribution in [0.2, 0.25) is 0 Å². The molecule has 1 aromatic heterocycles. The number of piperidine rings is 1. The van der Waals surface area contributed by atoms with Crippen LogP contribution < -0.4 is 10.2 Å². The molecule has 3 aliphatic heterocycles. The number of amides is 2. The van der Waals surface area contributed by atoms with Gasteiger partial charge in [-0.2, -0.15) is 0 Å². The topological polar surface area (TPSA) is 102 Å². The van der Waals surface area contributed by atoms with Gasteiger partial charge in [-0.25, -0.2) is 9.97 Å². The van der Waals surface area contributed by atoms with Crippen molar-refractivity contribution in [1.29, 1.82) is 0 Å². The zero-order valence-electron chi connectivity index (χ0n) is 16.5. The van der Waals surface area contributed by atoms with E-state index >= 15 is 0 Å². The molecular weight excluding hydrogens is 392 g/mol. The lowest BCUT2D eigenvalue weighted by atomic mass is 9.95. The van der Waals surface area contributed by atoms with Gasteiger partial charge in [-0.3, -0.25) is 9.59 Å². The number of aliphatic hydroxyl groups excluding tert-OH is 1. The molecule has 0 spiro atoms. The summed E-state index contributed by atoms with van der Waals surface area (Å²) in [5.41, 5.74) is 0.642. The van der Waals surface area contributed by atoms with Crippen LogP contribution in [-0.2, 0) is 4.79 Å². The van der Waals surface area contributed by atoms with Crippen LogP contribution in [0.4, 0.5) is 10.7 Å². The van der Waals surface area contributed by atoms with Crippen molar-refractivity contribution in [2.75, 3.05) is 51.2 Å². The average Bonchev–Trinajstić information content (AvgIpc) is 3.05. The molecule has 29 heavy (non-hydrogen) atoms. The number of nitrogens with one attached hydrogen (secondary N) is 1. The van der Waals surface area contributed by atoms with E-state index in [0.717, 1.165) is 63.9 Å². The van der Waals surface area contributed by atoms with Crippen LogP contribution in [-0.4, -0.2) is 88.6 Å². The lowest BCUT2D eigenvalue weighted by Crippen LogP contribution is -2.50. The Morgan fingerprint density at radius 3 is 2.62 bits per heavy atom. The molecule has 3 fully saturated rings. The van der Waals surface area contributed by atoms with Crippen LogP contribution in [0.3, 0.4) is 0 Å². The molecule has 0 bridgehead atoms. The van der Waals surface area contributed by atoms with Gasteiger partial charge in [0.25, 0.3) is 5.24 Å². The minimum Gasteiger partial charge on any atom is -0.369 e. The number of piperazine rings is 1. The fourth-order valence-corrected chi connectivity index (χ4v) is 4.57. The van der Waals surface area contributed by atoms with E-state index in [1.807, 2.05) is 4.90 Å². The number of rotatable bonds is 3. The minimum atomic E-state index is -0.984. The number of anilines is 1. The normalized spacial score (nSPS) is 25.5. The lowest BCUT2D eigenvalue weighted by Gasteiger charge is -2.37.